The Kier molecular flexibility index (Phi) is 7.89. The number of benzene rings is 2. The van der Waals surface area contributed by atoms with E-state index in [0.29, 0.717) is 29.6 Å². The van der Waals surface area contributed by atoms with Crippen molar-refractivity contribution in [1.82, 2.24) is 5.32 Å². The van der Waals surface area contributed by atoms with Gasteiger partial charge in [-0.1, -0.05) is 43.1 Å². The van der Waals surface area contributed by atoms with Crippen LogP contribution in [0.15, 0.2) is 36.4 Å². The molecule has 25 heavy (non-hydrogen) atoms. The molecule has 5 heteroatoms. The number of methoxy groups -OCH3 is 2. The second-order valence-corrected chi connectivity index (χ2v) is 6.12. The zero-order valence-corrected chi connectivity index (χ0v) is 15.9. The molecule has 0 fully saturated rings. The molecule has 0 amide bonds. The maximum atomic E-state index is 6.33. The van der Waals surface area contributed by atoms with Gasteiger partial charge >= 0.3 is 0 Å². The SMILES string of the molecule is CCCCOc1ccccc1CNCc1cc(OC)c(OC)cc1Cl. The van der Waals surface area contributed by atoms with Crippen molar-refractivity contribution >= 4 is 11.6 Å². The molecule has 0 spiro atoms. The quantitative estimate of drug-likeness (QED) is 0.614. The number of hydrogen-bond donors (Lipinski definition) is 1. The van der Waals surface area contributed by atoms with Gasteiger partial charge in [-0.2, -0.15) is 0 Å². The highest BCUT2D eigenvalue weighted by atomic mass is 35.5. The van der Waals surface area contributed by atoms with Gasteiger partial charge in [-0.05, 0) is 24.1 Å². The molecule has 0 heterocycles. The summed E-state index contributed by atoms with van der Waals surface area (Å²) in [6, 6.07) is 11.8. The summed E-state index contributed by atoms with van der Waals surface area (Å²) >= 11 is 6.33. The number of unbranched alkanes of at least 4 members (excludes halogenated alkanes) is 1. The van der Waals surface area contributed by atoms with Gasteiger partial charge < -0.3 is 19.5 Å². The van der Waals surface area contributed by atoms with Crippen LogP contribution in [0.2, 0.25) is 5.02 Å². The van der Waals surface area contributed by atoms with Gasteiger partial charge in [0, 0.05) is 29.7 Å². The maximum absolute atomic E-state index is 6.33. The van der Waals surface area contributed by atoms with Crippen molar-refractivity contribution in [1.29, 1.82) is 0 Å². The van der Waals surface area contributed by atoms with E-state index >= 15 is 0 Å². The number of para-hydroxylation sites is 1. The number of ether oxygens (including phenoxy) is 3. The van der Waals surface area contributed by atoms with Crippen LogP contribution in [-0.2, 0) is 13.1 Å². The molecule has 4 nitrogen and oxygen atoms in total. The molecule has 0 bridgehead atoms. The topological polar surface area (TPSA) is 39.7 Å². The lowest BCUT2D eigenvalue weighted by molar-refractivity contribution is 0.305. The lowest BCUT2D eigenvalue weighted by Gasteiger charge is -2.14. The third-order valence-electron chi connectivity index (χ3n) is 3.91. The van der Waals surface area contributed by atoms with E-state index in [0.717, 1.165) is 36.3 Å². The monoisotopic (exact) mass is 363 g/mol. The number of rotatable bonds is 10. The standard InChI is InChI=1S/C20H26ClNO3/c1-4-5-10-25-18-9-7-6-8-15(18)13-22-14-16-11-19(23-2)20(24-3)12-17(16)21/h6-9,11-12,22H,4-5,10,13-14H2,1-3H3. The first-order chi connectivity index (χ1) is 12.2. The Morgan fingerprint density at radius 1 is 0.920 bits per heavy atom. The van der Waals surface area contributed by atoms with Gasteiger partial charge in [-0.25, -0.2) is 0 Å². The van der Waals surface area contributed by atoms with Crippen LogP contribution >= 0.6 is 11.6 Å². The van der Waals surface area contributed by atoms with Crippen molar-refractivity contribution in [2.75, 3.05) is 20.8 Å². The second-order valence-electron chi connectivity index (χ2n) is 5.71. The smallest absolute Gasteiger partial charge is 0.162 e. The summed E-state index contributed by atoms with van der Waals surface area (Å²) in [5.41, 5.74) is 2.10. The summed E-state index contributed by atoms with van der Waals surface area (Å²) in [6.45, 7) is 4.23. The summed E-state index contributed by atoms with van der Waals surface area (Å²) in [4.78, 5) is 0. The zero-order valence-electron chi connectivity index (χ0n) is 15.1. The Hall–Kier alpha value is -1.91. The summed E-state index contributed by atoms with van der Waals surface area (Å²) in [5, 5.41) is 4.07. The van der Waals surface area contributed by atoms with Crippen LogP contribution in [0.4, 0.5) is 0 Å². The summed E-state index contributed by atoms with van der Waals surface area (Å²) in [6.07, 6.45) is 2.18. The molecule has 136 valence electrons. The highest BCUT2D eigenvalue weighted by Gasteiger charge is 2.10. The van der Waals surface area contributed by atoms with E-state index in [2.05, 4.69) is 18.3 Å². The molecule has 0 aliphatic heterocycles. The fourth-order valence-corrected chi connectivity index (χ4v) is 2.70. The van der Waals surface area contributed by atoms with Gasteiger partial charge in [-0.15, -0.1) is 0 Å². The van der Waals surface area contributed by atoms with Crippen LogP contribution < -0.4 is 19.5 Å². The lowest BCUT2D eigenvalue weighted by atomic mass is 10.1. The van der Waals surface area contributed by atoms with Crippen molar-refractivity contribution < 1.29 is 14.2 Å². The molecule has 2 rings (SSSR count). The minimum absolute atomic E-state index is 0.627. The van der Waals surface area contributed by atoms with E-state index < -0.39 is 0 Å². The van der Waals surface area contributed by atoms with Crippen molar-refractivity contribution in [3.8, 4) is 17.2 Å². The van der Waals surface area contributed by atoms with Gasteiger partial charge in [-0.3, -0.25) is 0 Å². The van der Waals surface area contributed by atoms with Crippen LogP contribution in [-0.4, -0.2) is 20.8 Å². The molecule has 2 aromatic carbocycles. The fraction of sp³-hybridized carbons (Fsp3) is 0.400. The third-order valence-corrected chi connectivity index (χ3v) is 4.26. The Morgan fingerprint density at radius 3 is 2.32 bits per heavy atom. The van der Waals surface area contributed by atoms with Crippen molar-refractivity contribution in [2.45, 2.75) is 32.9 Å². The Morgan fingerprint density at radius 2 is 1.60 bits per heavy atom. The third kappa shape index (κ3) is 5.55. The highest BCUT2D eigenvalue weighted by Crippen LogP contribution is 2.33. The van der Waals surface area contributed by atoms with Gasteiger partial charge in [0.1, 0.15) is 5.75 Å². The lowest BCUT2D eigenvalue weighted by Crippen LogP contribution is -2.14. The van der Waals surface area contributed by atoms with E-state index in [4.69, 9.17) is 25.8 Å². The molecular weight excluding hydrogens is 338 g/mol. The van der Waals surface area contributed by atoms with Gasteiger partial charge in [0.25, 0.3) is 0 Å². The Bertz CT molecular complexity index is 676. The van der Waals surface area contributed by atoms with Gasteiger partial charge in [0.2, 0.25) is 0 Å². The molecule has 0 radical (unpaired) electrons. The number of halogens is 1. The average Bonchev–Trinajstić information content (AvgIpc) is 2.64. The van der Waals surface area contributed by atoms with Gasteiger partial charge in [0.15, 0.2) is 11.5 Å². The predicted molar refractivity (Wildman–Crippen MR) is 102 cm³/mol. The summed E-state index contributed by atoms with van der Waals surface area (Å²) in [5.74, 6) is 2.24. The van der Waals surface area contributed by atoms with Crippen LogP contribution in [0, 0.1) is 0 Å². The maximum Gasteiger partial charge on any atom is 0.162 e. The van der Waals surface area contributed by atoms with E-state index in [1.807, 2.05) is 24.3 Å². The molecule has 0 aliphatic rings. The zero-order chi connectivity index (χ0) is 18.1. The summed E-state index contributed by atoms with van der Waals surface area (Å²) in [7, 11) is 3.22. The van der Waals surface area contributed by atoms with Crippen molar-refractivity contribution in [2.24, 2.45) is 0 Å². The van der Waals surface area contributed by atoms with Crippen LogP contribution in [0.5, 0.6) is 17.2 Å². The minimum Gasteiger partial charge on any atom is -0.493 e. The molecular formula is C20H26ClNO3. The Balaban J connectivity index is 1.99. The van der Waals surface area contributed by atoms with E-state index in [1.54, 1.807) is 20.3 Å². The molecule has 0 saturated heterocycles. The van der Waals surface area contributed by atoms with E-state index in [1.165, 1.54) is 0 Å². The van der Waals surface area contributed by atoms with E-state index in [9.17, 15) is 0 Å². The molecule has 2 aromatic rings. The van der Waals surface area contributed by atoms with Crippen molar-refractivity contribution in [3.05, 3.63) is 52.5 Å². The first-order valence-electron chi connectivity index (χ1n) is 8.51. The minimum atomic E-state index is 0.627. The molecule has 0 atom stereocenters. The largest absolute Gasteiger partial charge is 0.493 e. The predicted octanol–water partition coefficient (Wildman–Crippen LogP) is 4.83. The first-order valence-corrected chi connectivity index (χ1v) is 8.89. The van der Waals surface area contributed by atoms with E-state index in [-0.39, 0.29) is 0 Å². The van der Waals surface area contributed by atoms with Gasteiger partial charge in [0.05, 0.1) is 20.8 Å². The van der Waals surface area contributed by atoms with Crippen LogP contribution in [0.3, 0.4) is 0 Å². The average molecular weight is 364 g/mol. The number of nitrogens with one attached hydrogen (secondary N) is 1. The van der Waals surface area contributed by atoms with Crippen LogP contribution in [0.1, 0.15) is 30.9 Å². The molecule has 0 unspecified atom stereocenters. The normalized spacial score (nSPS) is 10.6. The molecule has 1 N–H and O–H groups in total. The summed E-state index contributed by atoms with van der Waals surface area (Å²) < 4.78 is 16.5. The second kappa shape index (κ2) is 10.2. The van der Waals surface area contributed by atoms with Crippen molar-refractivity contribution in [3.63, 3.8) is 0 Å². The van der Waals surface area contributed by atoms with Crippen LogP contribution in [0.25, 0.3) is 0 Å². The first kappa shape index (κ1) is 19.4. The Labute approximate surface area is 155 Å². The number of hydrogen-bond acceptors (Lipinski definition) is 4. The highest BCUT2D eigenvalue weighted by molar-refractivity contribution is 6.31. The molecule has 0 saturated carbocycles. The molecule has 0 aromatic heterocycles. The fourth-order valence-electron chi connectivity index (χ4n) is 2.48. The molecule has 0 aliphatic carbocycles.